The third-order valence-corrected chi connectivity index (χ3v) is 5.07. The van der Waals surface area contributed by atoms with E-state index in [4.69, 9.17) is 9.72 Å². The van der Waals surface area contributed by atoms with Crippen molar-refractivity contribution < 1.29 is 14.3 Å². The number of hydrogen-bond donors (Lipinski definition) is 1. The molecule has 2 amide bonds. The Balaban J connectivity index is 1.73. The molecule has 0 aliphatic rings. The number of fused-ring (bicyclic) bond motifs is 1. The van der Waals surface area contributed by atoms with Gasteiger partial charge in [0.15, 0.2) is 0 Å². The fourth-order valence-corrected chi connectivity index (χ4v) is 3.45. The van der Waals surface area contributed by atoms with Gasteiger partial charge in [-0.3, -0.25) is 9.59 Å². The Kier molecular flexibility index (Phi) is 7.80. The number of para-hydroxylation sites is 2. The van der Waals surface area contributed by atoms with Crippen molar-refractivity contribution in [3.05, 3.63) is 85.2 Å². The molecule has 0 fully saturated rings. The first-order valence-electron chi connectivity index (χ1n) is 10.4. The van der Waals surface area contributed by atoms with E-state index in [1.807, 2.05) is 28.8 Å². The third-order valence-electron chi connectivity index (χ3n) is 5.07. The minimum Gasteiger partial charge on any atom is -0.497 e. The summed E-state index contributed by atoms with van der Waals surface area (Å²) in [5.41, 5.74) is 2.25. The minimum atomic E-state index is -0.172. The molecule has 2 aromatic carbocycles. The Hall–Kier alpha value is -3.87. The first-order valence-corrected chi connectivity index (χ1v) is 10.4. The molecular formula is C25H28N4O3. The summed E-state index contributed by atoms with van der Waals surface area (Å²) in [6.07, 6.45) is 3.89. The van der Waals surface area contributed by atoms with Crippen molar-refractivity contribution in [1.82, 2.24) is 19.8 Å². The molecule has 0 saturated heterocycles. The number of rotatable bonds is 11. The number of ether oxygens (including phenoxy) is 1. The maximum Gasteiger partial charge on any atom is 0.251 e. The number of benzene rings is 2. The van der Waals surface area contributed by atoms with Gasteiger partial charge in [-0.15, -0.1) is 13.2 Å². The van der Waals surface area contributed by atoms with Crippen LogP contribution in [0.2, 0.25) is 0 Å². The minimum absolute atomic E-state index is 0.0449. The lowest BCUT2D eigenvalue weighted by Gasteiger charge is -2.20. The second-order valence-corrected chi connectivity index (χ2v) is 7.21. The fraction of sp³-hybridized carbons (Fsp3) is 0.240. The zero-order valence-electron chi connectivity index (χ0n) is 18.3. The Morgan fingerprint density at radius 2 is 1.78 bits per heavy atom. The van der Waals surface area contributed by atoms with Crippen molar-refractivity contribution in [3.63, 3.8) is 0 Å². The van der Waals surface area contributed by atoms with E-state index in [1.54, 1.807) is 48.4 Å². The number of amides is 2. The van der Waals surface area contributed by atoms with Gasteiger partial charge in [-0.2, -0.15) is 0 Å². The molecule has 0 bridgehead atoms. The molecule has 1 aromatic heterocycles. The average Bonchev–Trinajstić information content (AvgIpc) is 3.16. The summed E-state index contributed by atoms with van der Waals surface area (Å²) in [6.45, 7) is 8.90. The molecule has 0 radical (unpaired) electrons. The normalized spacial score (nSPS) is 10.5. The monoisotopic (exact) mass is 432 g/mol. The Bertz CT molecular complexity index is 1090. The van der Waals surface area contributed by atoms with Crippen LogP contribution in [0.5, 0.6) is 5.75 Å². The third kappa shape index (κ3) is 5.43. The van der Waals surface area contributed by atoms with Crippen molar-refractivity contribution in [1.29, 1.82) is 0 Å². The van der Waals surface area contributed by atoms with Gasteiger partial charge in [0.05, 0.1) is 18.1 Å². The van der Waals surface area contributed by atoms with Crippen LogP contribution in [0.1, 0.15) is 16.2 Å². The van der Waals surface area contributed by atoms with Crippen LogP contribution in [0.15, 0.2) is 73.8 Å². The molecule has 0 aliphatic carbocycles. The lowest BCUT2D eigenvalue weighted by molar-refractivity contribution is -0.130. The number of aromatic nitrogens is 2. The smallest absolute Gasteiger partial charge is 0.251 e. The van der Waals surface area contributed by atoms with Gasteiger partial charge in [-0.25, -0.2) is 4.98 Å². The summed E-state index contributed by atoms with van der Waals surface area (Å²) >= 11 is 0. The Labute approximate surface area is 188 Å². The number of nitrogens with zero attached hydrogens (tertiary/aromatic N) is 3. The Morgan fingerprint density at radius 3 is 2.44 bits per heavy atom. The van der Waals surface area contributed by atoms with Gasteiger partial charge in [0.2, 0.25) is 5.91 Å². The first kappa shape index (κ1) is 22.8. The molecule has 0 aliphatic heterocycles. The molecule has 1 heterocycles. The molecule has 3 rings (SSSR count). The van der Waals surface area contributed by atoms with E-state index in [0.29, 0.717) is 37.4 Å². The summed E-state index contributed by atoms with van der Waals surface area (Å²) < 4.78 is 7.04. The highest BCUT2D eigenvalue weighted by atomic mass is 16.5. The van der Waals surface area contributed by atoms with Gasteiger partial charge >= 0.3 is 0 Å². The second-order valence-electron chi connectivity index (χ2n) is 7.21. The average molecular weight is 433 g/mol. The lowest BCUT2D eigenvalue weighted by Crippen LogP contribution is -2.34. The molecule has 0 saturated carbocycles. The summed E-state index contributed by atoms with van der Waals surface area (Å²) in [5.74, 6) is 1.22. The molecule has 166 valence electrons. The van der Waals surface area contributed by atoms with E-state index in [0.717, 1.165) is 16.9 Å². The van der Waals surface area contributed by atoms with Crippen molar-refractivity contribution in [3.8, 4) is 5.75 Å². The fourth-order valence-electron chi connectivity index (χ4n) is 3.45. The lowest BCUT2D eigenvalue weighted by atomic mass is 10.2. The van der Waals surface area contributed by atoms with Crippen LogP contribution in [0.3, 0.4) is 0 Å². The maximum absolute atomic E-state index is 12.9. The van der Waals surface area contributed by atoms with Crippen LogP contribution < -0.4 is 10.1 Å². The summed E-state index contributed by atoms with van der Waals surface area (Å²) in [5, 5.41) is 2.92. The van der Waals surface area contributed by atoms with Crippen LogP contribution in [0, 0.1) is 0 Å². The molecule has 0 atom stereocenters. The number of carbonyl (C=O) groups is 2. The van der Waals surface area contributed by atoms with Crippen molar-refractivity contribution in [2.45, 2.75) is 13.0 Å². The second kappa shape index (κ2) is 10.9. The highest BCUT2D eigenvalue weighted by Gasteiger charge is 2.17. The highest BCUT2D eigenvalue weighted by Crippen LogP contribution is 2.17. The molecule has 0 spiro atoms. The van der Waals surface area contributed by atoms with E-state index < -0.39 is 0 Å². The van der Waals surface area contributed by atoms with E-state index in [9.17, 15) is 9.59 Å². The van der Waals surface area contributed by atoms with E-state index >= 15 is 0 Å². The van der Waals surface area contributed by atoms with E-state index in [2.05, 4.69) is 18.5 Å². The molecule has 7 nitrogen and oxygen atoms in total. The van der Waals surface area contributed by atoms with Gasteiger partial charge in [0.25, 0.3) is 5.91 Å². The topological polar surface area (TPSA) is 76.5 Å². The predicted octanol–water partition coefficient (Wildman–Crippen LogP) is 3.22. The highest BCUT2D eigenvalue weighted by molar-refractivity contribution is 5.94. The largest absolute Gasteiger partial charge is 0.497 e. The quantitative estimate of drug-likeness (QED) is 0.472. The number of imidazole rings is 1. The van der Waals surface area contributed by atoms with Crippen LogP contribution in [0.25, 0.3) is 11.0 Å². The van der Waals surface area contributed by atoms with Crippen LogP contribution >= 0.6 is 0 Å². The summed E-state index contributed by atoms with van der Waals surface area (Å²) in [4.78, 5) is 31.7. The molecule has 3 aromatic rings. The molecule has 0 unspecified atom stereocenters. The van der Waals surface area contributed by atoms with Crippen molar-refractivity contribution in [2.24, 2.45) is 0 Å². The van der Waals surface area contributed by atoms with Crippen molar-refractivity contribution in [2.75, 3.05) is 26.7 Å². The molecule has 1 N–H and O–H groups in total. The first-order chi connectivity index (χ1) is 15.6. The predicted molar refractivity (Wildman–Crippen MR) is 126 cm³/mol. The number of hydrogen-bond acceptors (Lipinski definition) is 4. The van der Waals surface area contributed by atoms with Crippen LogP contribution in [0.4, 0.5) is 0 Å². The number of methoxy groups -OCH3 is 1. The molecule has 32 heavy (non-hydrogen) atoms. The van der Waals surface area contributed by atoms with Gasteiger partial charge in [-0.05, 0) is 36.4 Å². The zero-order chi connectivity index (χ0) is 22.9. The summed E-state index contributed by atoms with van der Waals surface area (Å²) in [6, 6.07) is 14.6. The maximum atomic E-state index is 12.9. The summed E-state index contributed by atoms with van der Waals surface area (Å²) in [7, 11) is 1.58. The van der Waals surface area contributed by atoms with Gasteiger partial charge in [0.1, 0.15) is 18.1 Å². The van der Waals surface area contributed by atoms with Crippen LogP contribution in [-0.2, 0) is 17.8 Å². The van der Waals surface area contributed by atoms with E-state index in [1.165, 1.54) is 0 Å². The van der Waals surface area contributed by atoms with Gasteiger partial charge < -0.3 is 19.5 Å². The van der Waals surface area contributed by atoms with Crippen molar-refractivity contribution >= 4 is 22.8 Å². The SMILES string of the molecule is C=CCN(CC=C)C(=O)Cn1c(CCNC(=O)c2ccc(OC)cc2)nc2ccccc21. The number of carbonyl (C=O) groups excluding carboxylic acids is 2. The van der Waals surface area contributed by atoms with Gasteiger partial charge in [0, 0.05) is 31.6 Å². The molecule has 7 heteroatoms. The number of nitrogens with one attached hydrogen (secondary N) is 1. The molecular weight excluding hydrogens is 404 g/mol. The van der Waals surface area contributed by atoms with Crippen LogP contribution in [-0.4, -0.2) is 53.0 Å². The van der Waals surface area contributed by atoms with Gasteiger partial charge in [-0.1, -0.05) is 24.3 Å². The standard InChI is InChI=1S/C25H28N4O3/c1-4-16-28(17-5-2)24(30)18-29-22-9-7-6-8-21(22)27-23(29)14-15-26-25(31)19-10-12-20(32-3)13-11-19/h4-13H,1-2,14-18H2,3H3,(H,26,31). The Morgan fingerprint density at radius 1 is 1.09 bits per heavy atom. The van der Waals surface area contributed by atoms with E-state index in [-0.39, 0.29) is 18.4 Å². The zero-order valence-corrected chi connectivity index (χ0v) is 18.3.